The number of halogens is 2. The summed E-state index contributed by atoms with van der Waals surface area (Å²) in [6.07, 6.45) is 3.31. The molecule has 0 radical (unpaired) electrons. The standard InChI is InChI=1S/C22H23Cl2NO3/c23-19-6-3-15(10-20(19)24)13-28-17-5-4-16-12-25(9-1-2-21(26)27)14-22(7-8-22)18(16)11-17/h3-6,10-11H,1-2,7-9,12-14H2,(H,26,27). The molecule has 6 heteroatoms. The quantitative estimate of drug-likeness (QED) is 0.662. The molecular formula is C22H23Cl2NO3. The molecule has 2 aromatic carbocycles. The lowest BCUT2D eigenvalue weighted by molar-refractivity contribution is -0.137. The molecule has 1 heterocycles. The summed E-state index contributed by atoms with van der Waals surface area (Å²) in [7, 11) is 0. The van der Waals surface area contributed by atoms with Crippen LogP contribution in [0.5, 0.6) is 5.75 Å². The third-order valence-electron chi connectivity index (χ3n) is 5.68. The predicted molar refractivity (Wildman–Crippen MR) is 110 cm³/mol. The van der Waals surface area contributed by atoms with Gasteiger partial charge in [0, 0.05) is 24.9 Å². The Labute approximate surface area is 175 Å². The van der Waals surface area contributed by atoms with E-state index < -0.39 is 5.97 Å². The van der Waals surface area contributed by atoms with Gasteiger partial charge in [-0.15, -0.1) is 0 Å². The summed E-state index contributed by atoms with van der Waals surface area (Å²) in [5.41, 5.74) is 3.94. The third-order valence-corrected chi connectivity index (χ3v) is 6.42. The van der Waals surface area contributed by atoms with Gasteiger partial charge >= 0.3 is 5.97 Å². The Morgan fingerprint density at radius 2 is 1.96 bits per heavy atom. The maximum Gasteiger partial charge on any atom is 0.303 e. The number of aliphatic carboxylic acids is 1. The molecule has 28 heavy (non-hydrogen) atoms. The fourth-order valence-corrected chi connectivity index (χ4v) is 4.39. The van der Waals surface area contributed by atoms with E-state index in [1.807, 2.05) is 18.2 Å². The van der Waals surface area contributed by atoms with Crippen molar-refractivity contribution < 1.29 is 14.6 Å². The third kappa shape index (κ3) is 4.29. The highest BCUT2D eigenvalue weighted by atomic mass is 35.5. The van der Waals surface area contributed by atoms with Crippen LogP contribution in [0.1, 0.15) is 42.4 Å². The van der Waals surface area contributed by atoms with Gasteiger partial charge in [0.25, 0.3) is 0 Å². The number of carboxylic acids is 1. The van der Waals surface area contributed by atoms with E-state index in [-0.39, 0.29) is 11.8 Å². The van der Waals surface area contributed by atoms with Crippen LogP contribution in [0.4, 0.5) is 0 Å². The maximum atomic E-state index is 10.8. The summed E-state index contributed by atoms with van der Waals surface area (Å²) in [6, 6.07) is 11.9. The van der Waals surface area contributed by atoms with Gasteiger partial charge in [-0.2, -0.15) is 0 Å². The van der Waals surface area contributed by atoms with E-state index in [2.05, 4.69) is 17.0 Å². The fourth-order valence-electron chi connectivity index (χ4n) is 4.07. The van der Waals surface area contributed by atoms with Gasteiger partial charge in [-0.25, -0.2) is 0 Å². The smallest absolute Gasteiger partial charge is 0.303 e. The molecule has 4 rings (SSSR count). The summed E-state index contributed by atoms with van der Waals surface area (Å²) in [4.78, 5) is 13.2. The molecule has 1 N–H and O–H groups in total. The normalized spacial score (nSPS) is 17.4. The summed E-state index contributed by atoms with van der Waals surface area (Å²) in [6.45, 7) is 3.17. The minimum Gasteiger partial charge on any atom is -0.489 e. The lowest BCUT2D eigenvalue weighted by Crippen LogP contribution is -2.38. The number of hydrogen-bond donors (Lipinski definition) is 1. The van der Waals surface area contributed by atoms with Gasteiger partial charge in [0.2, 0.25) is 0 Å². The molecule has 2 aromatic rings. The van der Waals surface area contributed by atoms with Crippen LogP contribution in [0.2, 0.25) is 10.0 Å². The number of benzene rings is 2. The van der Waals surface area contributed by atoms with Gasteiger partial charge < -0.3 is 9.84 Å². The van der Waals surface area contributed by atoms with Crippen molar-refractivity contribution in [2.75, 3.05) is 13.1 Å². The highest BCUT2D eigenvalue weighted by molar-refractivity contribution is 6.42. The van der Waals surface area contributed by atoms with Crippen molar-refractivity contribution in [3.8, 4) is 5.75 Å². The van der Waals surface area contributed by atoms with Gasteiger partial charge in [0.1, 0.15) is 12.4 Å². The highest BCUT2D eigenvalue weighted by Crippen LogP contribution is 2.53. The van der Waals surface area contributed by atoms with E-state index in [4.69, 9.17) is 33.0 Å². The minimum atomic E-state index is -0.720. The largest absolute Gasteiger partial charge is 0.489 e. The van der Waals surface area contributed by atoms with Crippen molar-refractivity contribution >= 4 is 29.2 Å². The van der Waals surface area contributed by atoms with Gasteiger partial charge in [0.15, 0.2) is 0 Å². The van der Waals surface area contributed by atoms with Gasteiger partial charge in [-0.3, -0.25) is 9.69 Å². The van der Waals surface area contributed by atoms with Crippen LogP contribution in [-0.4, -0.2) is 29.1 Å². The van der Waals surface area contributed by atoms with Crippen LogP contribution in [-0.2, 0) is 23.4 Å². The Bertz CT molecular complexity index is 895. The van der Waals surface area contributed by atoms with Crippen LogP contribution >= 0.6 is 23.2 Å². The Hall–Kier alpha value is -1.75. The summed E-state index contributed by atoms with van der Waals surface area (Å²) in [5.74, 6) is 0.151. The average Bonchev–Trinajstić information content (AvgIpc) is 3.42. The molecule has 0 atom stereocenters. The number of rotatable bonds is 7. The van der Waals surface area contributed by atoms with Gasteiger partial charge in [-0.05, 0) is 66.8 Å². The number of hydrogen-bond acceptors (Lipinski definition) is 3. The molecule has 1 aliphatic carbocycles. The zero-order valence-corrected chi connectivity index (χ0v) is 17.1. The van der Waals surface area contributed by atoms with E-state index in [1.54, 1.807) is 6.07 Å². The van der Waals surface area contributed by atoms with Gasteiger partial charge in [-0.1, -0.05) is 35.3 Å². The number of nitrogens with zero attached hydrogens (tertiary/aromatic N) is 1. The maximum absolute atomic E-state index is 10.8. The van der Waals surface area contributed by atoms with Crippen LogP contribution in [0.15, 0.2) is 36.4 Å². The molecule has 4 nitrogen and oxygen atoms in total. The Balaban J connectivity index is 1.43. The van der Waals surface area contributed by atoms with E-state index in [0.29, 0.717) is 23.1 Å². The summed E-state index contributed by atoms with van der Waals surface area (Å²) >= 11 is 12.0. The molecule has 148 valence electrons. The van der Waals surface area contributed by atoms with Gasteiger partial charge in [0.05, 0.1) is 10.0 Å². The second-order valence-electron chi connectivity index (χ2n) is 7.84. The molecule has 1 saturated carbocycles. The summed E-state index contributed by atoms with van der Waals surface area (Å²) in [5, 5.41) is 9.94. The van der Waals surface area contributed by atoms with Crippen molar-refractivity contribution in [1.82, 2.24) is 4.90 Å². The second-order valence-corrected chi connectivity index (χ2v) is 8.66. The first-order valence-corrected chi connectivity index (χ1v) is 10.4. The highest BCUT2D eigenvalue weighted by Gasteiger charge is 2.49. The van der Waals surface area contributed by atoms with Crippen molar-refractivity contribution in [1.29, 1.82) is 0 Å². The van der Waals surface area contributed by atoms with E-state index in [9.17, 15) is 4.79 Å². The summed E-state index contributed by atoms with van der Waals surface area (Å²) < 4.78 is 6.01. The zero-order valence-electron chi connectivity index (χ0n) is 15.6. The molecule has 1 spiro atoms. The number of ether oxygens (including phenoxy) is 1. The molecule has 1 aliphatic heterocycles. The fraction of sp³-hybridized carbons (Fsp3) is 0.409. The van der Waals surface area contributed by atoms with Crippen LogP contribution in [0.3, 0.4) is 0 Å². The first kappa shape index (κ1) is 19.6. The molecule has 0 saturated heterocycles. The van der Waals surface area contributed by atoms with E-state index in [0.717, 1.165) is 30.9 Å². The van der Waals surface area contributed by atoms with Crippen LogP contribution < -0.4 is 4.74 Å². The Morgan fingerprint density at radius 3 is 2.68 bits per heavy atom. The molecular weight excluding hydrogens is 397 g/mol. The molecule has 0 bridgehead atoms. The van der Waals surface area contributed by atoms with E-state index >= 15 is 0 Å². The SMILES string of the molecule is O=C(O)CCCN1Cc2ccc(OCc3ccc(Cl)c(Cl)c3)cc2C2(CC2)C1. The molecule has 0 amide bonds. The van der Waals surface area contributed by atoms with Crippen molar-refractivity contribution in [2.45, 2.75) is 44.2 Å². The molecule has 2 aliphatic rings. The topological polar surface area (TPSA) is 49.8 Å². The van der Waals surface area contributed by atoms with Crippen molar-refractivity contribution in [3.05, 3.63) is 63.1 Å². The van der Waals surface area contributed by atoms with E-state index in [1.165, 1.54) is 24.0 Å². The zero-order chi connectivity index (χ0) is 19.7. The monoisotopic (exact) mass is 419 g/mol. The Morgan fingerprint density at radius 1 is 1.14 bits per heavy atom. The first-order chi connectivity index (χ1) is 13.4. The predicted octanol–water partition coefficient (Wildman–Crippen LogP) is 5.28. The van der Waals surface area contributed by atoms with Crippen molar-refractivity contribution in [2.24, 2.45) is 0 Å². The van der Waals surface area contributed by atoms with Crippen LogP contribution in [0, 0.1) is 0 Å². The number of carbonyl (C=O) groups is 1. The molecule has 0 aromatic heterocycles. The number of carboxylic acid groups (broad SMARTS) is 1. The molecule has 1 fully saturated rings. The first-order valence-electron chi connectivity index (χ1n) is 9.59. The second kappa shape index (κ2) is 7.94. The average molecular weight is 420 g/mol. The lowest BCUT2D eigenvalue weighted by Gasteiger charge is -2.35. The minimum absolute atomic E-state index is 0.222. The van der Waals surface area contributed by atoms with Crippen LogP contribution in [0.25, 0.3) is 0 Å². The van der Waals surface area contributed by atoms with Crippen molar-refractivity contribution in [3.63, 3.8) is 0 Å². The number of fused-ring (bicyclic) bond motifs is 2. The lowest BCUT2D eigenvalue weighted by atomic mass is 9.86. The Kier molecular flexibility index (Phi) is 5.55. The molecule has 0 unspecified atom stereocenters.